The lowest BCUT2D eigenvalue weighted by atomic mass is 9.93. The zero-order valence-corrected chi connectivity index (χ0v) is 25.2. The number of likely N-dealkylation sites (tertiary alicyclic amines) is 1. The van der Waals surface area contributed by atoms with Gasteiger partial charge in [-0.1, -0.05) is 29.8 Å². The van der Waals surface area contributed by atoms with Crippen molar-refractivity contribution in [3.8, 4) is 17.1 Å². The van der Waals surface area contributed by atoms with Crippen molar-refractivity contribution in [1.29, 1.82) is 0 Å². The van der Waals surface area contributed by atoms with Crippen molar-refractivity contribution in [2.45, 2.75) is 51.0 Å². The summed E-state index contributed by atoms with van der Waals surface area (Å²) in [7, 11) is 0. The standard InChI is InChI=1S/C33H32ClFN6O4/c34-23-6-4-22(26(35)15-23)19-45-31-3-1-2-27(38-31)20-8-11-40(12-9-20)18-30-37-28-14-21(32-25(33(42)43)16-36-39-32)5-7-29(28)41(30)17-24-10-13-44-24/h1-7,14-16,20,24H,8-13,17-19H2,(H,36,39)(H,42,43)/t24-/m0/s1. The highest BCUT2D eigenvalue weighted by molar-refractivity contribution is 6.30. The third-order valence-electron chi connectivity index (χ3n) is 8.67. The van der Waals surface area contributed by atoms with E-state index in [-0.39, 0.29) is 18.3 Å². The average molecular weight is 631 g/mol. The van der Waals surface area contributed by atoms with Crippen LogP contribution < -0.4 is 4.74 Å². The van der Waals surface area contributed by atoms with Crippen LogP contribution in [0, 0.1) is 5.82 Å². The second kappa shape index (κ2) is 12.6. The van der Waals surface area contributed by atoms with Gasteiger partial charge in [0.15, 0.2) is 0 Å². The number of pyridine rings is 1. The van der Waals surface area contributed by atoms with Gasteiger partial charge in [-0.25, -0.2) is 19.2 Å². The first-order chi connectivity index (χ1) is 21.9. The van der Waals surface area contributed by atoms with Gasteiger partial charge in [-0.3, -0.25) is 10.00 Å². The predicted octanol–water partition coefficient (Wildman–Crippen LogP) is 6.06. The summed E-state index contributed by atoms with van der Waals surface area (Å²) in [6.45, 7) is 4.05. The van der Waals surface area contributed by atoms with Gasteiger partial charge < -0.3 is 19.1 Å². The molecular weight excluding hydrogens is 599 g/mol. The number of imidazole rings is 1. The molecule has 0 aliphatic carbocycles. The number of aromatic amines is 1. The van der Waals surface area contributed by atoms with Crippen LogP contribution in [0.5, 0.6) is 5.88 Å². The number of ether oxygens (including phenoxy) is 2. The van der Waals surface area contributed by atoms with Crippen molar-refractivity contribution in [2.75, 3.05) is 19.7 Å². The Morgan fingerprint density at radius 3 is 2.71 bits per heavy atom. The molecule has 0 amide bonds. The fourth-order valence-corrected chi connectivity index (χ4v) is 6.23. The van der Waals surface area contributed by atoms with Crippen LogP contribution >= 0.6 is 11.6 Å². The SMILES string of the molecule is O=C(O)c1cn[nH]c1-c1ccc2c(c1)nc(CN1CCC(c3cccc(OCc4ccc(Cl)cc4F)n3)CC1)n2C[C@@H]1CCO1. The Balaban J connectivity index is 1.04. The van der Waals surface area contributed by atoms with Crippen LogP contribution in [0.2, 0.25) is 5.02 Å². The van der Waals surface area contributed by atoms with Gasteiger partial charge in [-0.2, -0.15) is 5.10 Å². The average Bonchev–Trinajstić information content (AvgIpc) is 3.64. The molecule has 0 saturated carbocycles. The Morgan fingerprint density at radius 1 is 1.11 bits per heavy atom. The maximum absolute atomic E-state index is 14.2. The van der Waals surface area contributed by atoms with Crippen LogP contribution in [0.15, 0.2) is 60.8 Å². The molecule has 2 N–H and O–H groups in total. The number of hydrogen-bond acceptors (Lipinski definition) is 7. The minimum atomic E-state index is -1.03. The molecule has 2 saturated heterocycles. The van der Waals surface area contributed by atoms with Crippen LogP contribution in [0.4, 0.5) is 4.39 Å². The van der Waals surface area contributed by atoms with E-state index in [9.17, 15) is 14.3 Å². The molecule has 0 bridgehead atoms. The van der Waals surface area contributed by atoms with E-state index in [2.05, 4.69) is 19.7 Å². The van der Waals surface area contributed by atoms with Crippen LogP contribution in [-0.4, -0.2) is 66.5 Å². The fourth-order valence-electron chi connectivity index (χ4n) is 6.08. The summed E-state index contributed by atoms with van der Waals surface area (Å²) in [5, 5.41) is 16.7. The molecule has 2 aromatic carbocycles. The van der Waals surface area contributed by atoms with E-state index in [4.69, 9.17) is 31.0 Å². The summed E-state index contributed by atoms with van der Waals surface area (Å²) >= 11 is 5.86. The minimum absolute atomic E-state index is 0.0783. The van der Waals surface area contributed by atoms with Crippen LogP contribution in [0.3, 0.4) is 0 Å². The van der Waals surface area contributed by atoms with Crippen molar-refractivity contribution in [2.24, 2.45) is 0 Å². The number of carboxylic acid groups (broad SMARTS) is 1. The molecule has 10 nitrogen and oxygen atoms in total. The first-order valence-electron chi connectivity index (χ1n) is 15.0. The second-order valence-corrected chi connectivity index (χ2v) is 12.0. The van der Waals surface area contributed by atoms with Crippen molar-refractivity contribution < 1.29 is 23.8 Å². The Morgan fingerprint density at radius 2 is 1.96 bits per heavy atom. The lowest BCUT2D eigenvalue weighted by Gasteiger charge is -2.32. The number of aromatic carboxylic acids is 1. The molecule has 2 fully saturated rings. The maximum Gasteiger partial charge on any atom is 0.339 e. The summed E-state index contributed by atoms with van der Waals surface area (Å²) in [6.07, 6.45) is 4.38. The number of carboxylic acids is 1. The zero-order chi connectivity index (χ0) is 30.9. The molecule has 232 valence electrons. The van der Waals surface area contributed by atoms with Crippen molar-refractivity contribution >= 4 is 28.6 Å². The number of carbonyl (C=O) groups is 1. The molecule has 5 heterocycles. The zero-order valence-electron chi connectivity index (χ0n) is 24.5. The smallest absolute Gasteiger partial charge is 0.339 e. The van der Waals surface area contributed by atoms with Crippen molar-refractivity contribution in [3.05, 3.63) is 94.3 Å². The van der Waals surface area contributed by atoms with Crippen LogP contribution in [0.1, 0.15) is 52.6 Å². The van der Waals surface area contributed by atoms with E-state index in [0.717, 1.165) is 73.6 Å². The molecule has 7 rings (SSSR count). The van der Waals surface area contributed by atoms with E-state index in [1.807, 2.05) is 30.3 Å². The number of rotatable bonds is 10. The Labute approximate surface area is 263 Å². The summed E-state index contributed by atoms with van der Waals surface area (Å²) < 4.78 is 28.0. The number of aromatic nitrogens is 5. The molecule has 2 aliphatic heterocycles. The Kier molecular flexibility index (Phi) is 8.22. The molecule has 1 atom stereocenters. The Bertz CT molecular complexity index is 1850. The van der Waals surface area contributed by atoms with Gasteiger partial charge in [0.2, 0.25) is 5.88 Å². The lowest BCUT2D eigenvalue weighted by Crippen LogP contribution is -2.35. The first kappa shape index (κ1) is 29.4. The highest BCUT2D eigenvalue weighted by Crippen LogP contribution is 2.31. The molecule has 2 aliphatic rings. The second-order valence-electron chi connectivity index (χ2n) is 11.6. The largest absolute Gasteiger partial charge is 0.478 e. The van der Waals surface area contributed by atoms with Crippen molar-refractivity contribution in [3.63, 3.8) is 0 Å². The van der Waals surface area contributed by atoms with E-state index in [1.54, 1.807) is 18.2 Å². The van der Waals surface area contributed by atoms with Gasteiger partial charge >= 0.3 is 5.97 Å². The number of halogens is 2. The quantitative estimate of drug-likeness (QED) is 0.191. The first-order valence-corrected chi connectivity index (χ1v) is 15.4. The van der Waals surface area contributed by atoms with Crippen LogP contribution in [-0.2, 0) is 24.4 Å². The summed E-state index contributed by atoms with van der Waals surface area (Å²) in [5.74, 6) is 0.298. The lowest BCUT2D eigenvalue weighted by molar-refractivity contribution is -0.0592. The topological polar surface area (TPSA) is 118 Å². The minimum Gasteiger partial charge on any atom is -0.478 e. The Hall–Kier alpha value is -4.32. The van der Waals surface area contributed by atoms with Gasteiger partial charge in [0.1, 0.15) is 23.8 Å². The molecule has 45 heavy (non-hydrogen) atoms. The molecule has 12 heteroatoms. The highest BCUT2D eigenvalue weighted by Gasteiger charge is 2.26. The number of piperidine rings is 1. The van der Waals surface area contributed by atoms with Crippen LogP contribution in [0.25, 0.3) is 22.3 Å². The molecule has 0 unspecified atom stereocenters. The molecule has 5 aromatic rings. The van der Waals surface area contributed by atoms with E-state index >= 15 is 0 Å². The fraction of sp³-hybridized carbons (Fsp3) is 0.333. The molecule has 3 aromatic heterocycles. The maximum atomic E-state index is 14.2. The monoisotopic (exact) mass is 630 g/mol. The van der Waals surface area contributed by atoms with E-state index < -0.39 is 11.8 Å². The third-order valence-corrected chi connectivity index (χ3v) is 8.91. The predicted molar refractivity (Wildman–Crippen MR) is 166 cm³/mol. The third kappa shape index (κ3) is 6.28. The van der Waals surface area contributed by atoms with Crippen molar-refractivity contribution in [1.82, 2.24) is 29.6 Å². The number of H-pyrrole nitrogens is 1. The van der Waals surface area contributed by atoms with Gasteiger partial charge in [-0.15, -0.1) is 0 Å². The normalized spacial score (nSPS) is 17.4. The summed E-state index contributed by atoms with van der Waals surface area (Å²) in [4.78, 5) is 23.9. The van der Waals surface area contributed by atoms with Gasteiger partial charge in [0, 0.05) is 40.4 Å². The molecule has 0 spiro atoms. The number of fused-ring (bicyclic) bond motifs is 1. The summed E-state index contributed by atoms with van der Waals surface area (Å²) in [5.41, 5.74) is 4.53. The molecule has 0 radical (unpaired) electrons. The van der Waals surface area contributed by atoms with Gasteiger partial charge in [0.25, 0.3) is 0 Å². The van der Waals surface area contributed by atoms with E-state index in [1.165, 1.54) is 12.3 Å². The van der Waals surface area contributed by atoms with E-state index in [0.29, 0.717) is 34.6 Å². The summed E-state index contributed by atoms with van der Waals surface area (Å²) in [6, 6.07) is 16.1. The number of benzene rings is 2. The number of nitrogens with one attached hydrogen (secondary N) is 1. The van der Waals surface area contributed by atoms with Gasteiger partial charge in [-0.05, 0) is 62.7 Å². The number of nitrogens with zero attached hydrogens (tertiary/aromatic N) is 5. The molecular formula is C33H32ClFN6O4. The highest BCUT2D eigenvalue weighted by atomic mass is 35.5. The van der Waals surface area contributed by atoms with Gasteiger partial charge in [0.05, 0.1) is 42.1 Å². The number of hydrogen-bond donors (Lipinski definition) is 2.